The lowest BCUT2D eigenvalue weighted by Crippen LogP contribution is -1.94. The highest BCUT2D eigenvalue weighted by atomic mass is 14.7. The van der Waals surface area contributed by atoms with Gasteiger partial charge in [0.2, 0.25) is 0 Å². The zero-order chi connectivity index (χ0) is 50.6. The van der Waals surface area contributed by atoms with E-state index in [4.69, 9.17) is 15.0 Å². The van der Waals surface area contributed by atoms with Gasteiger partial charge in [0.1, 0.15) is 0 Å². The van der Waals surface area contributed by atoms with Crippen LogP contribution in [0.25, 0.3) is 134 Å². The van der Waals surface area contributed by atoms with Gasteiger partial charge in [-0.05, 0) is 120 Å². The molecular formula is C73H49N3. The van der Waals surface area contributed by atoms with Crippen LogP contribution in [0.5, 0.6) is 0 Å². The molecule has 76 heavy (non-hydrogen) atoms. The summed E-state index contributed by atoms with van der Waals surface area (Å²) >= 11 is 0. The van der Waals surface area contributed by atoms with E-state index in [1.54, 1.807) is 0 Å². The highest BCUT2D eigenvalue weighted by molar-refractivity contribution is 6.06. The lowest BCUT2D eigenvalue weighted by atomic mass is 9.86. The fraction of sp³-hybridized carbons (Fsp3) is 0. The van der Waals surface area contributed by atoms with Gasteiger partial charge in [-0.15, -0.1) is 0 Å². The van der Waals surface area contributed by atoms with Crippen LogP contribution in [0.15, 0.2) is 298 Å². The average Bonchev–Trinajstić information content (AvgIpc) is 3.52. The highest BCUT2D eigenvalue weighted by Crippen LogP contribution is 2.44. The van der Waals surface area contributed by atoms with Crippen LogP contribution < -0.4 is 0 Å². The first kappa shape index (κ1) is 45.7. The first-order chi connectivity index (χ1) is 37.7. The van der Waals surface area contributed by atoms with Crippen LogP contribution in [0, 0.1) is 0 Å². The molecule has 0 saturated carbocycles. The third-order valence-electron chi connectivity index (χ3n) is 14.5. The summed E-state index contributed by atoms with van der Waals surface area (Å²) in [6.45, 7) is 0. The van der Waals surface area contributed by atoms with Gasteiger partial charge in [0, 0.05) is 57.4 Å². The fourth-order valence-electron chi connectivity index (χ4n) is 10.7. The molecule has 0 N–H and O–H groups in total. The van der Waals surface area contributed by atoms with Crippen molar-refractivity contribution >= 4 is 10.8 Å². The van der Waals surface area contributed by atoms with Gasteiger partial charge >= 0.3 is 0 Å². The van der Waals surface area contributed by atoms with Crippen molar-refractivity contribution in [1.29, 1.82) is 0 Å². The first-order valence-corrected chi connectivity index (χ1v) is 25.8. The SMILES string of the molecule is c1ccc(-c2cccc(-c3cccc(-c4ncc(-c5ccccc5-c5cc(-c6ccccc6-c6ccc(-c7ccccc7)nc6)cc(-c6ccccc6-c6ccc(-c7ccccc7)nc6)c5)c5ccccc45)c3)c2)cc1. The summed E-state index contributed by atoms with van der Waals surface area (Å²) in [7, 11) is 0. The molecule has 0 spiro atoms. The minimum absolute atomic E-state index is 0.944. The Morgan fingerprint density at radius 2 is 0.513 bits per heavy atom. The van der Waals surface area contributed by atoms with Crippen molar-refractivity contribution in [2.24, 2.45) is 0 Å². The Hall–Kier alpha value is -10.1. The van der Waals surface area contributed by atoms with Gasteiger partial charge in [-0.2, -0.15) is 0 Å². The van der Waals surface area contributed by atoms with Crippen molar-refractivity contribution < 1.29 is 0 Å². The summed E-state index contributed by atoms with van der Waals surface area (Å²) in [6, 6.07) is 99.4. The van der Waals surface area contributed by atoms with Crippen LogP contribution >= 0.6 is 0 Å². The molecule has 0 saturated heterocycles. The molecule has 0 radical (unpaired) electrons. The molecular weight excluding hydrogens is 919 g/mol. The molecule has 3 aromatic heterocycles. The molecule has 0 aliphatic carbocycles. The number of aromatic nitrogens is 3. The van der Waals surface area contributed by atoms with Crippen LogP contribution in [0.1, 0.15) is 0 Å². The van der Waals surface area contributed by atoms with Crippen molar-refractivity contribution in [3.8, 4) is 123 Å². The Morgan fingerprint density at radius 1 is 0.171 bits per heavy atom. The summed E-state index contributed by atoms with van der Waals surface area (Å²) in [4.78, 5) is 15.3. The second-order valence-corrected chi connectivity index (χ2v) is 19.1. The van der Waals surface area contributed by atoms with Crippen molar-refractivity contribution in [1.82, 2.24) is 15.0 Å². The number of fused-ring (bicyclic) bond motifs is 1. The van der Waals surface area contributed by atoms with Gasteiger partial charge in [-0.1, -0.05) is 237 Å². The van der Waals surface area contributed by atoms with Crippen LogP contribution in [-0.2, 0) is 0 Å². The minimum Gasteiger partial charge on any atom is -0.256 e. The van der Waals surface area contributed by atoms with Gasteiger partial charge in [0.25, 0.3) is 0 Å². The van der Waals surface area contributed by atoms with E-state index < -0.39 is 0 Å². The maximum atomic E-state index is 5.35. The zero-order valence-corrected chi connectivity index (χ0v) is 41.6. The van der Waals surface area contributed by atoms with E-state index in [9.17, 15) is 0 Å². The topological polar surface area (TPSA) is 38.7 Å². The van der Waals surface area contributed by atoms with E-state index in [0.717, 1.165) is 117 Å². The van der Waals surface area contributed by atoms with Gasteiger partial charge in [0.05, 0.1) is 17.1 Å². The van der Waals surface area contributed by atoms with Crippen LogP contribution in [0.4, 0.5) is 0 Å². The normalized spacial score (nSPS) is 11.2. The lowest BCUT2D eigenvalue weighted by Gasteiger charge is -2.19. The maximum Gasteiger partial charge on any atom is 0.0780 e. The minimum atomic E-state index is 0.944. The van der Waals surface area contributed by atoms with Crippen LogP contribution in [0.2, 0.25) is 0 Å². The third-order valence-corrected chi connectivity index (χ3v) is 14.5. The molecule has 0 aliphatic rings. The summed E-state index contributed by atoms with van der Waals surface area (Å²) in [6.07, 6.45) is 6.08. The Labute approximate surface area is 443 Å². The maximum absolute atomic E-state index is 5.35. The molecule has 0 aliphatic heterocycles. The molecule has 356 valence electrons. The largest absolute Gasteiger partial charge is 0.256 e. The van der Waals surface area contributed by atoms with Gasteiger partial charge in [-0.25, -0.2) is 0 Å². The third kappa shape index (κ3) is 9.08. The van der Waals surface area contributed by atoms with E-state index in [2.05, 4.69) is 273 Å². The van der Waals surface area contributed by atoms with Gasteiger partial charge in [-0.3, -0.25) is 15.0 Å². The average molecular weight is 968 g/mol. The van der Waals surface area contributed by atoms with E-state index in [1.165, 1.54) is 16.7 Å². The van der Waals surface area contributed by atoms with Crippen molar-refractivity contribution in [3.05, 3.63) is 298 Å². The Balaban J connectivity index is 0.943. The molecule has 0 bridgehead atoms. The van der Waals surface area contributed by atoms with Crippen LogP contribution in [-0.4, -0.2) is 15.0 Å². The second-order valence-electron chi connectivity index (χ2n) is 19.1. The number of hydrogen-bond acceptors (Lipinski definition) is 3. The summed E-state index contributed by atoms with van der Waals surface area (Å²) in [5.41, 5.74) is 24.0. The number of nitrogens with zero attached hydrogens (tertiary/aromatic N) is 3. The van der Waals surface area contributed by atoms with E-state index in [-0.39, 0.29) is 0 Å². The molecule has 3 heteroatoms. The Kier molecular flexibility index (Phi) is 12.3. The molecule has 13 rings (SSSR count). The fourth-order valence-corrected chi connectivity index (χ4v) is 10.7. The van der Waals surface area contributed by atoms with Crippen molar-refractivity contribution in [2.45, 2.75) is 0 Å². The quantitative estimate of drug-likeness (QED) is 0.130. The summed E-state index contributed by atoms with van der Waals surface area (Å²) < 4.78 is 0. The molecule has 10 aromatic carbocycles. The molecule has 3 nitrogen and oxygen atoms in total. The van der Waals surface area contributed by atoms with Crippen molar-refractivity contribution in [2.75, 3.05) is 0 Å². The first-order valence-electron chi connectivity index (χ1n) is 25.8. The molecule has 0 unspecified atom stereocenters. The number of rotatable bonds is 11. The van der Waals surface area contributed by atoms with Gasteiger partial charge < -0.3 is 0 Å². The lowest BCUT2D eigenvalue weighted by molar-refractivity contribution is 1.32. The molecule has 0 amide bonds. The Bertz CT molecular complexity index is 4040. The number of benzene rings is 10. The Morgan fingerprint density at radius 3 is 0.987 bits per heavy atom. The second kappa shape index (κ2) is 20.4. The van der Waals surface area contributed by atoms with Gasteiger partial charge in [0.15, 0.2) is 0 Å². The molecule has 3 heterocycles. The molecule has 13 aromatic rings. The number of pyridine rings is 3. The molecule has 0 fully saturated rings. The van der Waals surface area contributed by atoms with E-state index in [0.29, 0.717) is 0 Å². The van der Waals surface area contributed by atoms with E-state index in [1.807, 2.05) is 24.5 Å². The zero-order valence-electron chi connectivity index (χ0n) is 41.6. The summed E-state index contributed by atoms with van der Waals surface area (Å²) in [5.74, 6) is 0. The van der Waals surface area contributed by atoms with E-state index >= 15 is 0 Å². The van der Waals surface area contributed by atoms with Crippen LogP contribution in [0.3, 0.4) is 0 Å². The molecule has 0 atom stereocenters. The van der Waals surface area contributed by atoms with Crippen molar-refractivity contribution in [3.63, 3.8) is 0 Å². The highest BCUT2D eigenvalue weighted by Gasteiger charge is 2.19. The predicted molar refractivity (Wildman–Crippen MR) is 317 cm³/mol. The monoisotopic (exact) mass is 967 g/mol. The summed E-state index contributed by atoms with van der Waals surface area (Å²) in [5, 5.41) is 2.24. The standard InChI is InChI=1S/C73H49N3/c1-4-20-50(21-5-1)53-26-18-27-54(42-53)55-28-19-29-56(43-55)73-69-37-17-16-36-68(69)70(49-76-73)67-35-15-14-34-66(67)61-45-59(64-32-12-10-30-62(64)57-38-40-71(74-47-57)51-22-6-2-7-23-51)44-60(46-61)65-33-13-11-31-63(65)58-39-41-72(75-48-58)52-24-8-3-9-25-52/h1-49H. The predicted octanol–water partition coefficient (Wildman–Crippen LogP) is 19.4. The smallest absolute Gasteiger partial charge is 0.0780 e. The number of hydrogen-bond donors (Lipinski definition) is 0.